The minimum Gasteiger partial charge on any atom is -0.449 e. The average Bonchev–Trinajstić information content (AvgIpc) is 3.16. The highest BCUT2D eigenvalue weighted by Crippen LogP contribution is 2.22. The van der Waals surface area contributed by atoms with Gasteiger partial charge in [0.2, 0.25) is 17.7 Å². The van der Waals surface area contributed by atoms with Crippen molar-refractivity contribution in [3.8, 4) is 0 Å². The topological polar surface area (TPSA) is 117 Å². The number of nitrogens with zero attached hydrogens (tertiary/aromatic N) is 1. The van der Waals surface area contributed by atoms with Gasteiger partial charge in [-0.3, -0.25) is 25.0 Å². The normalized spacial score (nSPS) is 17.7. The summed E-state index contributed by atoms with van der Waals surface area (Å²) in [6.07, 6.45) is 1.92. The molecule has 2 aliphatic rings. The molecule has 1 unspecified atom stereocenters. The zero-order valence-corrected chi connectivity index (χ0v) is 19.9. The summed E-state index contributed by atoms with van der Waals surface area (Å²) in [6.45, 7) is 2.31. The lowest BCUT2D eigenvalue weighted by Crippen LogP contribution is -2.53. The number of anilines is 2. The van der Waals surface area contributed by atoms with Crippen molar-refractivity contribution in [1.82, 2.24) is 10.2 Å². The molecule has 2 aromatic carbocycles. The smallest absolute Gasteiger partial charge is 0.411 e. The maximum absolute atomic E-state index is 12.4. The van der Waals surface area contributed by atoms with E-state index in [0.717, 1.165) is 16.8 Å². The Morgan fingerprint density at radius 3 is 2.77 bits per heavy atom. The number of carbonyl (C=O) groups excluding carboxylic acids is 4. The zero-order chi connectivity index (χ0) is 24.9. The number of piperidine rings is 1. The first-order valence-corrected chi connectivity index (χ1v) is 11.6. The minimum atomic E-state index is -0.652. The quantitative estimate of drug-likeness (QED) is 0.506. The van der Waals surface area contributed by atoms with E-state index >= 15 is 0 Å². The molecule has 2 aliphatic heterocycles. The van der Waals surface area contributed by atoms with Crippen LogP contribution in [-0.2, 0) is 25.5 Å². The summed E-state index contributed by atoms with van der Waals surface area (Å²) < 4.78 is 5.27. The Kier molecular flexibility index (Phi) is 7.36. The molecule has 35 heavy (non-hydrogen) atoms. The van der Waals surface area contributed by atoms with Gasteiger partial charge >= 0.3 is 6.09 Å². The summed E-state index contributed by atoms with van der Waals surface area (Å²) >= 11 is 6.07. The maximum Gasteiger partial charge on any atom is 0.411 e. The summed E-state index contributed by atoms with van der Waals surface area (Å²) in [6, 6.07) is 12.1. The van der Waals surface area contributed by atoms with E-state index in [-0.39, 0.29) is 31.4 Å². The molecule has 0 aromatic heterocycles. The van der Waals surface area contributed by atoms with Crippen molar-refractivity contribution in [3.05, 3.63) is 70.4 Å². The van der Waals surface area contributed by atoms with Gasteiger partial charge in [0.05, 0.1) is 13.2 Å². The van der Waals surface area contributed by atoms with Gasteiger partial charge in [-0.1, -0.05) is 29.8 Å². The van der Waals surface area contributed by atoms with Gasteiger partial charge in [-0.05, 0) is 48.7 Å². The van der Waals surface area contributed by atoms with Crippen molar-refractivity contribution in [3.63, 3.8) is 0 Å². The fourth-order valence-electron chi connectivity index (χ4n) is 3.93. The lowest BCUT2D eigenvalue weighted by Gasteiger charge is -2.29. The van der Waals surface area contributed by atoms with Gasteiger partial charge in [-0.25, -0.2) is 4.79 Å². The van der Waals surface area contributed by atoms with Crippen LogP contribution in [0.3, 0.4) is 0 Å². The van der Waals surface area contributed by atoms with E-state index in [1.807, 2.05) is 37.3 Å². The Labute approximate surface area is 207 Å². The SMILES string of the molecule is Cc1ccc(NC(=O)OCCc2cccc(NC3=CC(=O)N(C4CCC(=O)NC4=O)C3)c2)cc1Cl. The van der Waals surface area contributed by atoms with Crippen LogP contribution in [0.4, 0.5) is 16.2 Å². The van der Waals surface area contributed by atoms with E-state index in [9.17, 15) is 19.2 Å². The minimum absolute atomic E-state index is 0.180. The largest absolute Gasteiger partial charge is 0.449 e. The molecule has 4 amide bonds. The highest BCUT2D eigenvalue weighted by molar-refractivity contribution is 6.31. The zero-order valence-electron chi connectivity index (χ0n) is 19.1. The lowest BCUT2D eigenvalue weighted by atomic mass is 10.0. The number of amides is 4. The molecule has 9 nitrogen and oxygen atoms in total. The third-order valence-corrected chi connectivity index (χ3v) is 6.19. The van der Waals surface area contributed by atoms with Crippen LogP contribution in [0, 0.1) is 6.92 Å². The van der Waals surface area contributed by atoms with Crippen LogP contribution in [-0.4, -0.2) is 47.9 Å². The van der Waals surface area contributed by atoms with Crippen molar-refractivity contribution in [2.24, 2.45) is 0 Å². The van der Waals surface area contributed by atoms with Crippen molar-refractivity contribution < 1.29 is 23.9 Å². The summed E-state index contributed by atoms with van der Waals surface area (Å²) in [7, 11) is 0. The van der Waals surface area contributed by atoms with Crippen LogP contribution in [0.1, 0.15) is 24.0 Å². The van der Waals surface area contributed by atoms with E-state index in [1.54, 1.807) is 12.1 Å². The Morgan fingerprint density at radius 2 is 2.00 bits per heavy atom. The molecule has 4 rings (SSSR count). The van der Waals surface area contributed by atoms with Crippen LogP contribution in [0.15, 0.2) is 54.2 Å². The fraction of sp³-hybridized carbons (Fsp3) is 0.280. The number of nitrogens with one attached hydrogen (secondary N) is 3. The third kappa shape index (κ3) is 6.19. The third-order valence-electron chi connectivity index (χ3n) is 5.78. The molecule has 0 aliphatic carbocycles. The molecule has 1 saturated heterocycles. The van der Waals surface area contributed by atoms with Crippen molar-refractivity contribution in [2.45, 2.75) is 32.2 Å². The summed E-state index contributed by atoms with van der Waals surface area (Å²) in [5, 5.41) is 8.71. The van der Waals surface area contributed by atoms with Crippen LogP contribution >= 0.6 is 11.6 Å². The number of aryl methyl sites for hydroxylation is 1. The number of halogens is 1. The summed E-state index contributed by atoms with van der Waals surface area (Å²) in [5.74, 6) is -1.03. The standard InChI is InChI=1S/C25H25ClN4O5/c1-15-5-6-18(12-20(15)26)28-25(34)35-10-9-16-3-2-4-17(11-16)27-19-13-23(32)30(14-19)21-7-8-22(31)29-24(21)33/h2-6,11-13,21,27H,7-10,14H2,1H3,(H,28,34)(H,29,31,33). The molecule has 1 fully saturated rings. The van der Waals surface area contributed by atoms with E-state index in [1.165, 1.54) is 11.0 Å². The van der Waals surface area contributed by atoms with Crippen LogP contribution in [0.25, 0.3) is 0 Å². The number of hydrogen-bond acceptors (Lipinski definition) is 6. The number of ether oxygens (including phenoxy) is 1. The van der Waals surface area contributed by atoms with Crippen LogP contribution in [0.5, 0.6) is 0 Å². The maximum atomic E-state index is 12.4. The van der Waals surface area contributed by atoms with Crippen LogP contribution in [0.2, 0.25) is 5.02 Å². The second-order valence-corrected chi connectivity index (χ2v) is 8.81. The summed E-state index contributed by atoms with van der Waals surface area (Å²) in [5.41, 5.74) is 3.84. The second-order valence-electron chi connectivity index (χ2n) is 8.40. The van der Waals surface area contributed by atoms with Crippen molar-refractivity contribution in [2.75, 3.05) is 23.8 Å². The molecule has 0 saturated carbocycles. The first-order chi connectivity index (χ1) is 16.8. The van der Waals surface area contributed by atoms with Gasteiger partial charge in [0.25, 0.3) is 0 Å². The number of rotatable bonds is 7. The van der Waals surface area contributed by atoms with E-state index < -0.39 is 18.0 Å². The molecule has 10 heteroatoms. The van der Waals surface area contributed by atoms with Crippen molar-refractivity contribution in [1.29, 1.82) is 0 Å². The molecule has 2 aromatic rings. The molecule has 0 radical (unpaired) electrons. The Balaban J connectivity index is 1.27. The first-order valence-electron chi connectivity index (χ1n) is 11.2. The predicted octanol–water partition coefficient (Wildman–Crippen LogP) is 3.38. The molecule has 0 bridgehead atoms. The molecule has 0 spiro atoms. The highest BCUT2D eigenvalue weighted by Gasteiger charge is 2.36. The Bertz CT molecular complexity index is 1210. The van der Waals surface area contributed by atoms with Gasteiger partial charge in [-0.15, -0.1) is 0 Å². The molecular weight excluding hydrogens is 472 g/mol. The van der Waals surface area contributed by atoms with Gasteiger partial charge in [0.15, 0.2) is 0 Å². The van der Waals surface area contributed by atoms with Gasteiger partial charge in [-0.2, -0.15) is 0 Å². The molecule has 182 valence electrons. The average molecular weight is 497 g/mol. The van der Waals surface area contributed by atoms with Gasteiger partial charge in [0.1, 0.15) is 6.04 Å². The van der Waals surface area contributed by atoms with Gasteiger partial charge < -0.3 is 15.0 Å². The van der Waals surface area contributed by atoms with E-state index in [2.05, 4.69) is 16.0 Å². The number of hydrogen-bond donors (Lipinski definition) is 3. The second kappa shape index (κ2) is 10.6. The molecular formula is C25H25ClN4O5. The molecule has 1 atom stereocenters. The van der Waals surface area contributed by atoms with Gasteiger partial charge in [0, 0.05) is 41.0 Å². The number of imide groups is 1. The Hall–Kier alpha value is -3.85. The highest BCUT2D eigenvalue weighted by atomic mass is 35.5. The Morgan fingerprint density at radius 1 is 1.17 bits per heavy atom. The monoisotopic (exact) mass is 496 g/mol. The molecule has 3 N–H and O–H groups in total. The predicted molar refractivity (Wildman–Crippen MR) is 131 cm³/mol. The first kappa shape index (κ1) is 24.3. The van der Waals surface area contributed by atoms with Crippen LogP contribution < -0.4 is 16.0 Å². The number of benzene rings is 2. The van der Waals surface area contributed by atoms with E-state index in [4.69, 9.17) is 16.3 Å². The summed E-state index contributed by atoms with van der Waals surface area (Å²) in [4.78, 5) is 49.4. The van der Waals surface area contributed by atoms with E-state index in [0.29, 0.717) is 29.2 Å². The van der Waals surface area contributed by atoms with Crippen molar-refractivity contribution >= 4 is 46.8 Å². The fourth-order valence-corrected chi connectivity index (χ4v) is 4.11. The number of carbonyl (C=O) groups is 4. The lowest BCUT2D eigenvalue weighted by molar-refractivity contribution is -0.142. The molecule has 2 heterocycles.